The molecular formula is C13H13NO2. The van der Waals surface area contributed by atoms with E-state index >= 15 is 0 Å². The first kappa shape index (κ1) is 9.58. The van der Waals surface area contributed by atoms with Gasteiger partial charge in [0, 0.05) is 6.42 Å². The van der Waals surface area contributed by atoms with E-state index in [2.05, 4.69) is 17.4 Å². The van der Waals surface area contributed by atoms with Crippen LogP contribution in [0.4, 0.5) is 0 Å². The highest BCUT2D eigenvalue weighted by atomic mass is 16.2. The Morgan fingerprint density at radius 2 is 1.94 bits per heavy atom. The average Bonchev–Trinajstić information content (AvgIpc) is 2.83. The fourth-order valence-corrected chi connectivity index (χ4v) is 2.63. The molecule has 0 bridgehead atoms. The summed E-state index contributed by atoms with van der Waals surface area (Å²) < 4.78 is 0. The van der Waals surface area contributed by atoms with E-state index in [1.807, 2.05) is 6.07 Å². The minimum Gasteiger partial charge on any atom is -0.296 e. The van der Waals surface area contributed by atoms with E-state index in [-0.39, 0.29) is 17.7 Å². The van der Waals surface area contributed by atoms with Crippen LogP contribution in [-0.4, -0.2) is 11.8 Å². The number of rotatable bonds is 1. The van der Waals surface area contributed by atoms with Gasteiger partial charge in [-0.2, -0.15) is 0 Å². The molecule has 0 aromatic heterocycles. The Balaban J connectivity index is 1.95. The molecule has 1 fully saturated rings. The molecular weight excluding hydrogens is 202 g/mol. The number of benzene rings is 1. The van der Waals surface area contributed by atoms with Crippen LogP contribution >= 0.6 is 0 Å². The van der Waals surface area contributed by atoms with Crippen LogP contribution in [0.25, 0.3) is 0 Å². The normalized spacial score (nSPS) is 23.4. The van der Waals surface area contributed by atoms with Crippen molar-refractivity contribution in [1.29, 1.82) is 0 Å². The van der Waals surface area contributed by atoms with Crippen LogP contribution in [-0.2, 0) is 22.4 Å². The quantitative estimate of drug-likeness (QED) is 0.718. The number of fused-ring (bicyclic) bond motifs is 1. The van der Waals surface area contributed by atoms with Crippen molar-refractivity contribution in [3.8, 4) is 0 Å². The van der Waals surface area contributed by atoms with Crippen molar-refractivity contribution >= 4 is 11.8 Å². The van der Waals surface area contributed by atoms with Crippen LogP contribution in [0.5, 0.6) is 0 Å². The monoisotopic (exact) mass is 215 g/mol. The first-order valence-corrected chi connectivity index (χ1v) is 5.69. The third-order valence-corrected chi connectivity index (χ3v) is 3.49. The Morgan fingerprint density at radius 1 is 1.12 bits per heavy atom. The average molecular weight is 215 g/mol. The SMILES string of the molecule is O=C1CC(c2ccc3c(c2)CCC3)C(=O)N1. The van der Waals surface area contributed by atoms with E-state index in [4.69, 9.17) is 0 Å². The van der Waals surface area contributed by atoms with Gasteiger partial charge in [-0.25, -0.2) is 0 Å². The molecule has 1 aromatic carbocycles. The summed E-state index contributed by atoms with van der Waals surface area (Å²) in [4.78, 5) is 22.7. The molecule has 1 atom stereocenters. The van der Waals surface area contributed by atoms with Crippen LogP contribution in [0.2, 0.25) is 0 Å². The number of hydrogen-bond acceptors (Lipinski definition) is 2. The number of carbonyl (C=O) groups is 2. The maximum atomic E-state index is 11.6. The fourth-order valence-electron chi connectivity index (χ4n) is 2.63. The van der Waals surface area contributed by atoms with E-state index in [0.29, 0.717) is 6.42 Å². The lowest BCUT2D eigenvalue weighted by Crippen LogP contribution is -2.21. The van der Waals surface area contributed by atoms with Crippen LogP contribution in [0.15, 0.2) is 18.2 Å². The number of aryl methyl sites for hydroxylation is 2. The van der Waals surface area contributed by atoms with Gasteiger partial charge in [0.1, 0.15) is 0 Å². The molecule has 2 aliphatic rings. The third kappa shape index (κ3) is 1.43. The van der Waals surface area contributed by atoms with Crippen molar-refractivity contribution in [1.82, 2.24) is 5.32 Å². The zero-order valence-corrected chi connectivity index (χ0v) is 8.95. The van der Waals surface area contributed by atoms with Crippen molar-refractivity contribution in [3.63, 3.8) is 0 Å². The van der Waals surface area contributed by atoms with Gasteiger partial charge in [0.2, 0.25) is 11.8 Å². The highest BCUT2D eigenvalue weighted by molar-refractivity contribution is 6.06. The molecule has 82 valence electrons. The summed E-state index contributed by atoms with van der Waals surface area (Å²) in [5, 5.41) is 2.36. The zero-order chi connectivity index (χ0) is 11.1. The van der Waals surface area contributed by atoms with Crippen LogP contribution in [0, 0.1) is 0 Å². The van der Waals surface area contributed by atoms with Gasteiger partial charge in [0.05, 0.1) is 5.92 Å². The molecule has 1 aromatic rings. The molecule has 1 heterocycles. The summed E-state index contributed by atoms with van der Waals surface area (Å²) in [6.07, 6.45) is 3.75. The van der Waals surface area contributed by atoms with Gasteiger partial charge in [0.15, 0.2) is 0 Å². The maximum Gasteiger partial charge on any atom is 0.234 e. The second-order valence-electron chi connectivity index (χ2n) is 4.55. The summed E-state index contributed by atoms with van der Waals surface area (Å²) in [7, 11) is 0. The second kappa shape index (κ2) is 3.44. The number of carbonyl (C=O) groups excluding carboxylic acids is 2. The first-order valence-electron chi connectivity index (χ1n) is 5.69. The predicted octanol–water partition coefficient (Wildman–Crippen LogP) is 1.31. The topological polar surface area (TPSA) is 46.2 Å². The van der Waals surface area contributed by atoms with Crippen molar-refractivity contribution < 1.29 is 9.59 Å². The Bertz CT molecular complexity index is 479. The van der Waals surface area contributed by atoms with Crippen molar-refractivity contribution in [2.45, 2.75) is 31.6 Å². The predicted molar refractivity (Wildman–Crippen MR) is 59.0 cm³/mol. The molecule has 0 saturated carbocycles. The van der Waals surface area contributed by atoms with Gasteiger partial charge in [-0.1, -0.05) is 18.2 Å². The lowest BCUT2D eigenvalue weighted by Gasteiger charge is -2.08. The number of nitrogens with one attached hydrogen (secondary N) is 1. The molecule has 0 radical (unpaired) electrons. The Morgan fingerprint density at radius 3 is 2.69 bits per heavy atom. The highest BCUT2D eigenvalue weighted by Crippen LogP contribution is 2.29. The Kier molecular flexibility index (Phi) is 2.06. The molecule has 16 heavy (non-hydrogen) atoms. The molecule has 3 heteroatoms. The zero-order valence-electron chi connectivity index (χ0n) is 8.95. The Labute approximate surface area is 93.8 Å². The lowest BCUT2D eigenvalue weighted by atomic mass is 9.94. The third-order valence-electron chi connectivity index (χ3n) is 3.49. The van der Waals surface area contributed by atoms with Gasteiger partial charge in [-0.3, -0.25) is 14.9 Å². The highest BCUT2D eigenvalue weighted by Gasteiger charge is 2.32. The number of imide groups is 1. The number of amides is 2. The smallest absolute Gasteiger partial charge is 0.234 e. The van der Waals surface area contributed by atoms with E-state index in [1.165, 1.54) is 17.5 Å². The molecule has 1 unspecified atom stereocenters. The van der Waals surface area contributed by atoms with E-state index in [0.717, 1.165) is 18.4 Å². The molecule has 3 nitrogen and oxygen atoms in total. The summed E-state index contributed by atoms with van der Waals surface area (Å²) in [6, 6.07) is 6.20. The van der Waals surface area contributed by atoms with E-state index < -0.39 is 0 Å². The maximum absolute atomic E-state index is 11.6. The molecule has 2 amide bonds. The summed E-state index contributed by atoms with van der Waals surface area (Å²) >= 11 is 0. The molecule has 1 aliphatic carbocycles. The fraction of sp³-hybridized carbons (Fsp3) is 0.385. The molecule has 1 N–H and O–H groups in total. The van der Waals surface area contributed by atoms with Gasteiger partial charge in [0.25, 0.3) is 0 Å². The standard InChI is InChI=1S/C13H13NO2/c15-12-7-11(13(16)14-12)10-5-4-8-2-1-3-9(8)6-10/h4-6,11H,1-3,7H2,(H,14,15,16). The molecule has 1 saturated heterocycles. The summed E-state index contributed by atoms with van der Waals surface area (Å²) in [5.41, 5.74) is 3.74. The van der Waals surface area contributed by atoms with E-state index in [9.17, 15) is 9.59 Å². The molecule has 0 spiro atoms. The van der Waals surface area contributed by atoms with Crippen LogP contribution in [0.3, 0.4) is 0 Å². The summed E-state index contributed by atoms with van der Waals surface area (Å²) in [6.45, 7) is 0. The molecule has 3 rings (SSSR count). The minimum atomic E-state index is -0.265. The van der Waals surface area contributed by atoms with E-state index in [1.54, 1.807) is 0 Å². The second-order valence-corrected chi connectivity index (χ2v) is 4.55. The van der Waals surface area contributed by atoms with Crippen LogP contribution < -0.4 is 5.32 Å². The largest absolute Gasteiger partial charge is 0.296 e. The van der Waals surface area contributed by atoms with Crippen LogP contribution in [0.1, 0.15) is 35.4 Å². The summed E-state index contributed by atoms with van der Waals surface area (Å²) in [5.74, 6) is -0.572. The van der Waals surface area contributed by atoms with Gasteiger partial charge in [-0.15, -0.1) is 0 Å². The van der Waals surface area contributed by atoms with Crippen molar-refractivity contribution in [3.05, 3.63) is 34.9 Å². The Hall–Kier alpha value is -1.64. The van der Waals surface area contributed by atoms with Gasteiger partial charge in [-0.05, 0) is 36.0 Å². The number of hydrogen-bond donors (Lipinski definition) is 1. The lowest BCUT2D eigenvalue weighted by molar-refractivity contribution is -0.125. The minimum absolute atomic E-state index is 0.150. The molecule has 1 aliphatic heterocycles. The first-order chi connectivity index (χ1) is 7.74. The van der Waals surface area contributed by atoms with Crippen molar-refractivity contribution in [2.24, 2.45) is 0 Å². The van der Waals surface area contributed by atoms with Crippen molar-refractivity contribution in [2.75, 3.05) is 0 Å². The van der Waals surface area contributed by atoms with Gasteiger partial charge < -0.3 is 0 Å². The van der Waals surface area contributed by atoms with Gasteiger partial charge >= 0.3 is 0 Å².